The highest BCUT2D eigenvalue weighted by molar-refractivity contribution is 5.62. The largest absolute Gasteiger partial charge is 0.510 e. The van der Waals surface area contributed by atoms with Crippen LogP contribution in [-0.2, 0) is 33.2 Å². The van der Waals surface area contributed by atoms with E-state index in [0.717, 1.165) is 21.3 Å². The van der Waals surface area contributed by atoms with Gasteiger partial charge in [0.1, 0.15) is 0 Å². The van der Waals surface area contributed by atoms with E-state index in [1.807, 2.05) is 0 Å². The van der Waals surface area contributed by atoms with Crippen LogP contribution >= 0.6 is 0 Å². The van der Waals surface area contributed by atoms with Gasteiger partial charge in [0.2, 0.25) is 0 Å². The lowest BCUT2D eigenvalue weighted by molar-refractivity contribution is -0.305. The monoisotopic (exact) mass is 336 g/mol. The van der Waals surface area contributed by atoms with Gasteiger partial charge < -0.3 is 33.2 Å². The summed E-state index contributed by atoms with van der Waals surface area (Å²) in [6.45, 7) is 0. The number of methoxy groups -OCH3 is 4. The van der Waals surface area contributed by atoms with Crippen LogP contribution in [0.1, 0.15) is 19.3 Å². The van der Waals surface area contributed by atoms with E-state index in [1.54, 1.807) is 0 Å². The number of carbonyl (C=O) groups excluding carboxylic acids is 3. The van der Waals surface area contributed by atoms with Crippen molar-refractivity contribution in [3.63, 3.8) is 0 Å². The van der Waals surface area contributed by atoms with Gasteiger partial charge in [0, 0.05) is 7.11 Å². The summed E-state index contributed by atoms with van der Waals surface area (Å²) in [6.07, 6.45) is -4.12. The zero-order valence-corrected chi connectivity index (χ0v) is 13.4. The molecule has 23 heavy (non-hydrogen) atoms. The van der Waals surface area contributed by atoms with E-state index in [9.17, 15) is 14.4 Å². The Morgan fingerprint density at radius 1 is 0.783 bits per heavy atom. The SMILES string of the molecule is COC(=O)OC1CCCC(OC(=O)OC)C1(OC)OC(=O)OC. The van der Waals surface area contributed by atoms with Gasteiger partial charge in [0.05, 0.1) is 21.3 Å². The average molecular weight is 336 g/mol. The number of ether oxygens (including phenoxy) is 7. The van der Waals surface area contributed by atoms with Crippen molar-refractivity contribution < 1.29 is 47.5 Å². The lowest BCUT2D eigenvalue weighted by atomic mass is 9.88. The Morgan fingerprint density at radius 3 is 1.57 bits per heavy atom. The van der Waals surface area contributed by atoms with Crippen molar-refractivity contribution in [3.8, 4) is 0 Å². The zero-order chi connectivity index (χ0) is 17.5. The molecule has 0 amide bonds. The van der Waals surface area contributed by atoms with E-state index < -0.39 is 36.5 Å². The fraction of sp³-hybridized carbons (Fsp3) is 0.769. The molecular weight excluding hydrogens is 316 g/mol. The van der Waals surface area contributed by atoms with Crippen molar-refractivity contribution in [1.82, 2.24) is 0 Å². The summed E-state index contributed by atoms with van der Waals surface area (Å²) < 4.78 is 33.9. The van der Waals surface area contributed by atoms with Gasteiger partial charge in [-0.15, -0.1) is 0 Å². The third-order valence-corrected chi connectivity index (χ3v) is 3.37. The Bertz CT molecular complexity index is 408. The van der Waals surface area contributed by atoms with Gasteiger partial charge in [0.15, 0.2) is 12.2 Å². The van der Waals surface area contributed by atoms with Crippen molar-refractivity contribution in [1.29, 1.82) is 0 Å². The molecule has 1 aliphatic rings. The summed E-state index contributed by atoms with van der Waals surface area (Å²) in [5, 5.41) is 0. The lowest BCUT2D eigenvalue weighted by Crippen LogP contribution is -2.61. The van der Waals surface area contributed by atoms with Crippen LogP contribution in [0, 0.1) is 0 Å². The summed E-state index contributed by atoms with van der Waals surface area (Å²) in [6, 6.07) is 0. The van der Waals surface area contributed by atoms with Crippen molar-refractivity contribution in [2.75, 3.05) is 28.4 Å². The third kappa shape index (κ3) is 4.38. The van der Waals surface area contributed by atoms with Gasteiger partial charge >= 0.3 is 18.5 Å². The topological polar surface area (TPSA) is 116 Å². The normalized spacial score (nSPS) is 26.6. The molecule has 0 aromatic carbocycles. The van der Waals surface area contributed by atoms with Crippen LogP contribution in [0.4, 0.5) is 14.4 Å². The Balaban J connectivity index is 3.12. The molecule has 1 rings (SSSR count). The van der Waals surface area contributed by atoms with Gasteiger partial charge in [-0.25, -0.2) is 14.4 Å². The van der Waals surface area contributed by atoms with Crippen LogP contribution in [0.3, 0.4) is 0 Å². The van der Waals surface area contributed by atoms with Crippen molar-refractivity contribution >= 4 is 18.5 Å². The molecule has 0 spiro atoms. The maximum Gasteiger partial charge on any atom is 0.510 e. The predicted octanol–water partition coefficient (Wildman–Crippen LogP) is 1.60. The van der Waals surface area contributed by atoms with Crippen molar-refractivity contribution in [2.24, 2.45) is 0 Å². The molecule has 0 bridgehead atoms. The van der Waals surface area contributed by atoms with Crippen LogP contribution < -0.4 is 0 Å². The molecule has 2 atom stereocenters. The molecular formula is C13H20O10. The average Bonchev–Trinajstić information content (AvgIpc) is 2.56. The quantitative estimate of drug-likeness (QED) is 0.425. The zero-order valence-electron chi connectivity index (χ0n) is 13.4. The Hall–Kier alpha value is -2.23. The fourth-order valence-electron chi connectivity index (χ4n) is 2.32. The molecule has 0 aromatic heterocycles. The summed E-state index contributed by atoms with van der Waals surface area (Å²) in [7, 11) is 4.57. The van der Waals surface area contributed by atoms with Crippen LogP contribution in [-0.4, -0.2) is 64.9 Å². The highest BCUT2D eigenvalue weighted by atomic mass is 16.8. The van der Waals surface area contributed by atoms with E-state index in [4.69, 9.17) is 18.9 Å². The van der Waals surface area contributed by atoms with E-state index >= 15 is 0 Å². The first-order valence-electron chi connectivity index (χ1n) is 6.74. The van der Waals surface area contributed by atoms with Crippen LogP contribution in [0.25, 0.3) is 0 Å². The molecule has 1 saturated carbocycles. The Labute approximate surface area is 132 Å². The van der Waals surface area contributed by atoms with E-state index in [2.05, 4.69) is 14.2 Å². The molecule has 0 N–H and O–H groups in total. The van der Waals surface area contributed by atoms with E-state index in [0.29, 0.717) is 19.3 Å². The van der Waals surface area contributed by atoms with Gasteiger partial charge in [-0.05, 0) is 19.3 Å². The summed E-state index contributed by atoms with van der Waals surface area (Å²) in [5.41, 5.74) is 0. The molecule has 0 saturated heterocycles. The summed E-state index contributed by atoms with van der Waals surface area (Å²) in [5.74, 6) is -1.88. The minimum Gasteiger partial charge on any atom is -0.438 e. The standard InChI is InChI=1S/C13H20O10/c1-17-10(14)21-8-6-5-7-9(22-11(15)18-2)13(8,20-4)23-12(16)19-3/h8-9H,5-7H2,1-4H3. The second-order valence-electron chi connectivity index (χ2n) is 4.53. The molecule has 1 aliphatic carbocycles. The molecule has 2 unspecified atom stereocenters. The van der Waals surface area contributed by atoms with E-state index in [1.165, 1.54) is 7.11 Å². The molecule has 0 radical (unpaired) electrons. The minimum absolute atomic E-state index is 0.293. The Morgan fingerprint density at radius 2 is 1.22 bits per heavy atom. The van der Waals surface area contributed by atoms with Crippen LogP contribution in [0.2, 0.25) is 0 Å². The van der Waals surface area contributed by atoms with Gasteiger partial charge in [-0.3, -0.25) is 0 Å². The second kappa shape index (κ2) is 8.42. The maximum atomic E-state index is 11.6. The maximum absolute atomic E-state index is 11.6. The first-order chi connectivity index (χ1) is 10.9. The molecule has 132 valence electrons. The first-order valence-corrected chi connectivity index (χ1v) is 6.74. The molecule has 0 aromatic rings. The molecule has 1 fully saturated rings. The highest BCUT2D eigenvalue weighted by Crippen LogP contribution is 2.38. The lowest BCUT2D eigenvalue weighted by Gasteiger charge is -2.44. The van der Waals surface area contributed by atoms with Gasteiger partial charge in [0.25, 0.3) is 5.79 Å². The molecule has 0 heterocycles. The first kappa shape index (κ1) is 18.8. The minimum atomic E-state index is -1.88. The van der Waals surface area contributed by atoms with Crippen molar-refractivity contribution in [2.45, 2.75) is 37.3 Å². The van der Waals surface area contributed by atoms with Gasteiger partial charge in [-0.2, -0.15) is 0 Å². The number of hydrogen-bond donors (Lipinski definition) is 0. The molecule has 10 heteroatoms. The molecule has 0 aliphatic heterocycles. The number of hydrogen-bond acceptors (Lipinski definition) is 10. The van der Waals surface area contributed by atoms with Crippen LogP contribution in [0.15, 0.2) is 0 Å². The second-order valence-corrected chi connectivity index (χ2v) is 4.53. The fourth-order valence-corrected chi connectivity index (χ4v) is 2.32. The third-order valence-electron chi connectivity index (χ3n) is 3.37. The molecule has 10 nitrogen and oxygen atoms in total. The smallest absolute Gasteiger partial charge is 0.438 e. The summed E-state index contributed by atoms with van der Waals surface area (Å²) in [4.78, 5) is 34.4. The van der Waals surface area contributed by atoms with Gasteiger partial charge in [-0.1, -0.05) is 0 Å². The summed E-state index contributed by atoms with van der Waals surface area (Å²) >= 11 is 0. The van der Waals surface area contributed by atoms with Crippen LogP contribution in [0.5, 0.6) is 0 Å². The highest BCUT2D eigenvalue weighted by Gasteiger charge is 2.57. The Kier molecular flexibility index (Phi) is 6.89. The van der Waals surface area contributed by atoms with E-state index in [-0.39, 0.29) is 0 Å². The van der Waals surface area contributed by atoms with Crippen molar-refractivity contribution in [3.05, 3.63) is 0 Å². The number of rotatable bonds is 4. The number of carbonyl (C=O) groups is 3. The predicted molar refractivity (Wildman–Crippen MR) is 71.6 cm³/mol.